The number of fused-ring (bicyclic) bond motifs is 1. The highest BCUT2D eigenvalue weighted by Crippen LogP contribution is 2.36. The van der Waals surface area contributed by atoms with E-state index in [1.807, 2.05) is 26.0 Å². The summed E-state index contributed by atoms with van der Waals surface area (Å²) in [7, 11) is 0. The highest BCUT2D eigenvalue weighted by atomic mass is 16.1. The zero-order chi connectivity index (χ0) is 32.5. The molecular weight excluding hydrogens is 544 g/mol. The molecule has 0 saturated heterocycles. The van der Waals surface area contributed by atoms with Crippen molar-refractivity contribution in [1.82, 2.24) is 0 Å². The van der Waals surface area contributed by atoms with Crippen molar-refractivity contribution in [2.24, 2.45) is 29.6 Å². The van der Waals surface area contributed by atoms with Gasteiger partial charge in [-0.2, -0.15) is 0 Å². The van der Waals surface area contributed by atoms with E-state index in [0.717, 1.165) is 55.6 Å². The number of benzene rings is 1. The summed E-state index contributed by atoms with van der Waals surface area (Å²) in [6, 6.07) is 6.15. The minimum Gasteiger partial charge on any atom is -0.300 e. The minimum absolute atomic E-state index is 0.0561. The van der Waals surface area contributed by atoms with Gasteiger partial charge in [0.2, 0.25) is 0 Å². The van der Waals surface area contributed by atoms with E-state index in [-0.39, 0.29) is 41.4 Å². The minimum atomic E-state index is -0.0561. The van der Waals surface area contributed by atoms with E-state index < -0.39 is 0 Å². The summed E-state index contributed by atoms with van der Waals surface area (Å²) >= 11 is 0. The molecule has 0 bridgehead atoms. The second kappa shape index (κ2) is 20.8. The Kier molecular flexibility index (Phi) is 18.0. The molecule has 1 aromatic rings. The first kappa shape index (κ1) is 38.1. The second-order valence-electron chi connectivity index (χ2n) is 14.1. The monoisotopic (exact) mass is 608 g/mol. The smallest absolute Gasteiger partial charge is 0.163 e. The van der Waals surface area contributed by atoms with E-state index >= 15 is 0 Å². The average molecular weight is 609 g/mol. The fraction of sp³-hybridized carbons (Fsp3) is 0.750. The van der Waals surface area contributed by atoms with Crippen LogP contribution in [0.15, 0.2) is 18.2 Å². The molecule has 0 amide bonds. The highest BCUT2D eigenvalue weighted by molar-refractivity contribution is 6.00. The average Bonchev–Trinajstić information content (AvgIpc) is 3.72. The number of rotatable bonds is 14. The van der Waals surface area contributed by atoms with Crippen LogP contribution in [0.4, 0.5) is 0 Å². The van der Waals surface area contributed by atoms with Gasteiger partial charge in [-0.3, -0.25) is 14.4 Å². The molecule has 0 N–H and O–H groups in total. The Hall–Kier alpha value is -2.10. The van der Waals surface area contributed by atoms with Crippen LogP contribution in [0.2, 0.25) is 0 Å². The van der Waals surface area contributed by atoms with Crippen LogP contribution in [-0.4, -0.2) is 23.1 Å². The van der Waals surface area contributed by atoms with Crippen molar-refractivity contribution in [1.29, 1.82) is 0 Å². The van der Waals surface area contributed by atoms with Crippen LogP contribution < -0.4 is 0 Å². The predicted octanol–water partition coefficient (Wildman–Crippen LogP) is 10.6. The molecule has 4 rings (SSSR count). The van der Waals surface area contributed by atoms with E-state index in [0.29, 0.717) is 31.1 Å². The molecule has 3 aliphatic carbocycles. The van der Waals surface area contributed by atoms with Crippen molar-refractivity contribution in [2.75, 3.05) is 0 Å². The van der Waals surface area contributed by atoms with Crippen molar-refractivity contribution in [3.8, 4) is 0 Å². The summed E-state index contributed by atoms with van der Waals surface area (Å²) in [6.45, 7) is 12.0. The molecule has 0 radical (unpaired) electrons. The van der Waals surface area contributed by atoms with Gasteiger partial charge < -0.3 is 4.79 Å². The zero-order valence-corrected chi connectivity index (χ0v) is 29.2. The Labute approximate surface area is 269 Å². The lowest BCUT2D eigenvalue weighted by molar-refractivity contribution is -0.131. The maximum atomic E-state index is 13.2. The number of aryl methyl sites for hydroxylation is 1. The van der Waals surface area contributed by atoms with Crippen molar-refractivity contribution in [3.63, 3.8) is 0 Å². The molecular formula is C40H64O4. The van der Waals surface area contributed by atoms with Gasteiger partial charge in [0.15, 0.2) is 5.78 Å². The Morgan fingerprint density at radius 3 is 2.00 bits per heavy atom. The lowest BCUT2D eigenvalue weighted by Crippen LogP contribution is -2.30. The molecule has 2 saturated carbocycles. The highest BCUT2D eigenvalue weighted by Gasteiger charge is 2.33. The largest absolute Gasteiger partial charge is 0.300 e. The van der Waals surface area contributed by atoms with Crippen LogP contribution in [0.1, 0.15) is 172 Å². The fourth-order valence-electron chi connectivity index (χ4n) is 7.81. The second-order valence-corrected chi connectivity index (χ2v) is 14.1. The van der Waals surface area contributed by atoms with Gasteiger partial charge in [-0.05, 0) is 74.3 Å². The molecule has 3 aliphatic rings. The number of hydrogen-bond acceptors (Lipinski definition) is 4. The molecule has 3 atom stereocenters. The van der Waals surface area contributed by atoms with Gasteiger partial charge in [-0.1, -0.05) is 117 Å². The fourth-order valence-corrected chi connectivity index (χ4v) is 7.81. The van der Waals surface area contributed by atoms with Crippen molar-refractivity contribution < 1.29 is 19.2 Å². The third kappa shape index (κ3) is 13.1. The van der Waals surface area contributed by atoms with Gasteiger partial charge in [0.05, 0.1) is 6.42 Å². The van der Waals surface area contributed by atoms with Gasteiger partial charge >= 0.3 is 0 Å². The topological polar surface area (TPSA) is 68.3 Å². The van der Waals surface area contributed by atoms with Crippen LogP contribution in [0, 0.1) is 36.5 Å². The van der Waals surface area contributed by atoms with Crippen molar-refractivity contribution in [3.05, 3.63) is 34.9 Å². The van der Waals surface area contributed by atoms with Crippen LogP contribution in [-0.2, 0) is 20.8 Å². The standard InChI is InChI=1S/C29H42O3.C7H14.C4H8O/c1-4-9-23(16-22-17-24-13-8-10-20(3)29(24)28(32)18-22)26(5-2)27(31)19-25(30)15-14-21-11-6-7-12-21;1-2-7-5-3-4-6-7;1-3-4(2)5/h8,10,13,21-23,26H,4-7,9,11-12,14-19H2,1-3H3;7H,2-6H2,1H3;3H2,1-2H3. The zero-order valence-electron chi connectivity index (χ0n) is 29.2. The number of carbonyl (C=O) groups excluding carboxylic acids is 4. The quantitative estimate of drug-likeness (QED) is 0.197. The molecule has 4 nitrogen and oxygen atoms in total. The summed E-state index contributed by atoms with van der Waals surface area (Å²) in [4.78, 5) is 48.4. The summed E-state index contributed by atoms with van der Waals surface area (Å²) < 4.78 is 0. The van der Waals surface area contributed by atoms with Gasteiger partial charge in [-0.15, -0.1) is 0 Å². The molecule has 3 unspecified atom stereocenters. The molecule has 44 heavy (non-hydrogen) atoms. The Balaban J connectivity index is 0.000000469. The molecule has 4 heteroatoms. The first-order valence-corrected chi connectivity index (χ1v) is 18.3. The van der Waals surface area contributed by atoms with Crippen molar-refractivity contribution >= 4 is 23.1 Å². The van der Waals surface area contributed by atoms with Crippen molar-refractivity contribution in [2.45, 2.75) is 164 Å². The molecule has 0 spiro atoms. The third-order valence-electron chi connectivity index (χ3n) is 10.6. The summed E-state index contributed by atoms with van der Waals surface area (Å²) in [6.07, 6.45) is 20.1. The normalized spacial score (nSPS) is 19.7. The summed E-state index contributed by atoms with van der Waals surface area (Å²) in [5.41, 5.74) is 3.17. The Morgan fingerprint density at radius 2 is 1.48 bits per heavy atom. The van der Waals surface area contributed by atoms with E-state index in [4.69, 9.17) is 0 Å². The number of carbonyl (C=O) groups is 4. The van der Waals surface area contributed by atoms with Gasteiger partial charge in [0.25, 0.3) is 0 Å². The molecule has 248 valence electrons. The van der Waals surface area contributed by atoms with Crippen LogP contribution in [0.3, 0.4) is 0 Å². The third-order valence-corrected chi connectivity index (χ3v) is 10.6. The summed E-state index contributed by atoms with van der Waals surface area (Å²) in [5.74, 6) is 3.08. The SMILES string of the molecule is CCC(C)=O.CCC1CCCC1.CCCC(CC1CC(=O)c2c(C)cccc2C1)C(CC)C(=O)CC(=O)CCC1CCCC1. The molecule has 0 aliphatic heterocycles. The number of ketones is 4. The van der Waals surface area contributed by atoms with Gasteiger partial charge in [0.1, 0.15) is 17.3 Å². The lowest BCUT2D eigenvalue weighted by Gasteiger charge is -2.31. The molecule has 0 heterocycles. The Bertz CT molecular complexity index is 1030. The summed E-state index contributed by atoms with van der Waals surface area (Å²) in [5, 5.41) is 0. The van der Waals surface area contributed by atoms with E-state index in [9.17, 15) is 19.2 Å². The van der Waals surface area contributed by atoms with Gasteiger partial charge in [-0.25, -0.2) is 0 Å². The first-order valence-electron chi connectivity index (χ1n) is 18.3. The van der Waals surface area contributed by atoms with E-state index in [2.05, 4.69) is 26.8 Å². The maximum Gasteiger partial charge on any atom is 0.163 e. The van der Waals surface area contributed by atoms with E-state index in [1.165, 1.54) is 63.4 Å². The predicted molar refractivity (Wildman–Crippen MR) is 183 cm³/mol. The molecule has 0 aromatic heterocycles. The van der Waals surface area contributed by atoms with Crippen LogP contribution >= 0.6 is 0 Å². The molecule has 2 fully saturated rings. The lowest BCUT2D eigenvalue weighted by atomic mass is 9.72. The van der Waals surface area contributed by atoms with Crippen LogP contribution in [0.25, 0.3) is 0 Å². The number of hydrogen-bond donors (Lipinski definition) is 0. The van der Waals surface area contributed by atoms with Gasteiger partial charge in [0, 0.05) is 30.7 Å². The first-order chi connectivity index (χ1) is 21.1. The molecule has 1 aromatic carbocycles. The maximum absolute atomic E-state index is 13.2. The Morgan fingerprint density at radius 1 is 0.864 bits per heavy atom. The van der Waals surface area contributed by atoms with Crippen LogP contribution in [0.5, 0.6) is 0 Å². The van der Waals surface area contributed by atoms with E-state index in [1.54, 1.807) is 6.92 Å². The number of Topliss-reactive ketones (excluding diaryl/α,β-unsaturated/α-hetero) is 4.